The highest BCUT2D eigenvalue weighted by Crippen LogP contribution is 1.99. The van der Waals surface area contributed by atoms with E-state index >= 15 is 0 Å². The molecule has 0 saturated carbocycles. The molecule has 2 aromatic rings. The maximum absolute atomic E-state index is 11.9. The van der Waals surface area contributed by atoms with Gasteiger partial charge in [0.1, 0.15) is 11.9 Å². The first-order valence-electron chi connectivity index (χ1n) is 6.78. The normalized spacial score (nSPS) is 11.7. The summed E-state index contributed by atoms with van der Waals surface area (Å²) in [5.74, 6) is 0.339. The van der Waals surface area contributed by atoms with Crippen molar-refractivity contribution in [2.75, 3.05) is 6.54 Å². The van der Waals surface area contributed by atoms with Gasteiger partial charge in [0.2, 0.25) is 5.91 Å². The predicted molar refractivity (Wildman–Crippen MR) is 78.7 cm³/mol. The molecule has 2 rings (SSSR count). The van der Waals surface area contributed by atoms with Gasteiger partial charge in [0.25, 0.3) is 5.91 Å². The van der Waals surface area contributed by atoms with Crippen molar-refractivity contribution in [1.29, 1.82) is 0 Å². The minimum absolute atomic E-state index is 0.217. The number of hydrogen-bond acceptors (Lipinski definition) is 3. The molecule has 1 unspecified atom stereocenters. The third-order valence-corrected chi connectivity index (χ3v) is 2.99. The van der Waals surface area contributed by atoms with Gasteiger partial charge < -0.3 is 15.6 Å². The van der Waals surface area contributed by atoms with Crippen LogP contribution in [0.5, 0.6) is 0 Å². The molecule has 0 radical (unpaired) electrons. The van der Waals surface area contributed by atoms with Crippen molar-refractivity contribution < 1.29 is 9.59 Å². The van der Waals surface area contributed by atoms with Crippen molar-refractivity contribution in [2.45, 2.75) is 19.4 Å². The maximum atomic E-state index is 11.9. The van der Waals surface area contributed by atoms with Crippen molar-refractivity contribution in [1.82, 2.24) is 20.6 Å². The van der Waals surface area contributed by atoms with Gasteiger partial charge >= 0.3 is 0 Å². The van der Waals surface area contributed by atoms with Crippen LogP contribution in [0.15, 0.2) is 42.7 Å². The highest BCUT2D eigenvalue weighted by atomic mass is 16.2. The third kappa shape index (κ3) is 4.45. The molecule has 1 aromatic carbocycles. The van der Waals surface area contributed by atoms with Crippen LogP contribution < -0.4 is 10.6 Å². The Bertz CT molecular complexity index is 581. The van der Waals surface area contributed by atoms with E-state index < -0.39 is 6.04 Å². The zero-order valence-electron chi connectivity index (χ0n) is 11.8. The molecule has 0 bridgehead atoms. The summed E-state index contributed by atoms with van der Waals surface area (Å²) in [5.41, 5.74) is 0.535. The highest BCUT2D eigenvalue weighted by Gasteiger charge is 2.15. The number of aromatic amines is 1. The second-order valence-corrected chi connectivity index (χ2v) is 4.64. The summed E-state index contributed by atoms with van der Waals surface area (Å²) in [6.07, 6.45) is 4.03. The zero-order valence-corrected chi connectivity index (χ0v) is 11.8. The molecule has 0 aliphatic carbocycles. The first kappa shape index (κ1) is 14.8. The lowest BCUT2D eigenvalue weighted by Crippen LogP contribution is -2.45. The van der Waals surface area contributed by atoms with Gasteiger partial charge in [-0.15, -0.1) is 0 Å². The summed E-state index contributed by atoms with van der Waals surface area (Å²) < 4.78 is 0. The Hall–Kier alpha value is -2.63. The molecule has 2 amide bonds. The van der Waals surface area contributed by atoms with E-state index in [9.17, 15) is 9.59 Å². The summed E-state index contributed by atoms with van der Waals surface area (Å²) >= 11 is 0. The van der Waals surface area contributed by atoms with Crippen LogP contribution in [-0.4, -0.2) is 34.4 Å². The molecule has 0 saturated heterocycles. The van der Waals surface area contributed by atoms with Crippen LogP contribution in [0, 0.1) is 0 Å². The molecule has 6 heteroatoms. The van der Waals surface area contributed by atoms with Gasteiger partial charge in [-0.25, -0.2) is 4.98 Å². The lowest BCUT2D eigenvalue weighted by Gasteiger charge is -2.13. The molecule has 0 spiro atoms. The van der Waals surface area contributed by atoms with Crippen LogP contribution in [0.2, 0.25) is 0 Å². The van der Waals surface area contributed by atoms with E-state index in [1.807, 2.05) is 6.07 Å². The molecule has 110 valence electrons. The van der Waals surface area contributed by atoms with Crippen molar-refractivity contribution in [3.63, 3.8) is 0 Å². The second kappa shape index (κ2) is 7.23. The highest BCUT2D eigenvalue weighted by molar-refractivity contribution is 5.97. The largest absolute Gasteiger partial charge is 0.354 e. The molecule has 1 atom stereocenters. The Balaban J connectivity index is 1.76. The fraction of sp³-hybridized carbons (Fsp3) is 0.267. The molecule has 1 heterocycles. The topological polar surface area (TPSA) is 86.9 Å². The summed E-state index contributed by atoms with van der Waals surface area (Å²) in [5, 5.41) is 5.43. The minimum atomic E-state index is -0.589. The fourth-order valence-corrected chi connectivity index (χ4v) is 1.83. The van der Waals surface area contributed by atoms with Gasteiger partial charge in [-0.05, 0) is 19.1 Å². The summed E-state index contributed by atoms with van der Waals surface area (Å²) in [6, 6.07) is 8.22. The van der Waals surface area contributed by atoms with Gasteiger partial charge in [-0.1, -0.05) is 18.2 Å². The zero-order chi connectivity index (χ0) is 15.1. The van der Waals surface area contributed by atoms with Crippen molar-refractivity contribution in [3.8, 4) is 0 Å². The maximum Gasteiger partial charge on any atom is 0.251 e. The Morgan fingerprint density at radius 3 is 2.71 bits per heavy atom. The molecular weight excluding hydrogens is 268 g/mol. The Morgan fingerprint density at radius 2 is 2.05 bits per heavy atom. The number of hydrogen-bond donors (Lipinski definition) is 3. The number of carbonyl (C=O) groups excluding carboxylic acids is 2. The van der Waals surface area contributed by atoms with E-state index in [-0.39, 0.29) is 11.8 Å². The lowest BCUT2D eigenvalue weighted by atomic mass is 10.2. The minimum Gasteiger partial charge on any atom is -0.354 e. The monoisotopic (exact) mass is 286 g/mol. The van der Waals surface area contributed by atoms with Crippen LogP contribution >= 0.6 is 0 Å². The number of nitrogens with one attached hydrogen (secondary N) is 3. The number of benzene rings is 1. The second-order valence-electron chi connectivity index (χ2n) is 4.64. The summed E-state index contributed by atoms with van der Waals surface area (Å²) in [4.78, 5) is 30.8. The SMILES string of the molecule is CC(NC(=O)c1ccccc1)C(=O)NCCc1ncc[nH]1. The van der Waals surface area contributed by atoms with Gasteiger partial charge in [0.15, 0.2) is 0 Å². The molecule has 6 nitrogen and oxygen atoms in total. The third-order valence-electron chi connectivity index (χ3n) is 2.99. The summed E-state index contributed by atoms with van der Waals surface area (Å²) in [7, 11) is 0. The molecule has 3 N–H and O–H groups in total. The van der Waals surface area contributed by atoms with Crippen LogP contribution in [0.25, 0.3) is 0 Å². The number of carbonyl (C=O) groups is 2. The van der Waals surface area contributed by atoms with E-state index in [4.69, 9.17) is 0 Å². The Labute approximate surface area is 123 Å². The molecule has 0 aliphatic rings. The average molecular weight is 286 g/mol. The van der Waals surface area contributed by atoms with Gasteiger partial charge in [0, 0.05) is 30.9 Å². The van der Waals surface area contributed by atoms with Gasteiger partial charge in [-0.2, -0.15) is 0 Å². The predicted octanol–water partition coefficient (Wildman–Crippen LogP) is 0.887. The Morgan fingerprint density at radius 1 is 1.29 bits per heavy atom. The van der Waals surface area contributed by atoms with E-state index in [2.05, 4.69) is 20.6 Å². The number of rotatable bonds is 6. The first-order valence-corrected chi connectivity index (χ1v) is 6.78. The Kier molecular flexibility index (Phi) is 5.09. The van der Waals surface area contributed by atoms with E-state index in [0.717, 1.165) is 5.82 Å². The number of H-pyrrole nitrogens is 1. The van der Waals surface area contributed by atoms with Crippen molar-refractivity contribution >= 4 is 11.8 Å². The van der Waals surface area contributed by atoms with Crippen molar-refractivity contribution in [2.24, 2.45) is 0 Å². The van der Waals surface area contributed by atoms with Crippen molar-refractivity contribution in [3.05, 3.63) is 54.1 Å². The van der Waals surface area contributed by atoms with Crippen LogP contribution in [0.1, 0.15) is 23.1 Å². The standard InChI is InChI=1S/C15H18N4O2/c1-11(19-15(21)12-5-3-2-4-6-12)14(20)18-8-7-13-16-9-10-17-13/h2-6,9-11H,7-8H2,1H3,(H,16,17)(H,18,20)(H,19,21). The van der Waals surface area contributed by atoms with E-state index in [1.165, 1.54) is 0 Å². The fourth-order valence-electron chi connectivity index (χ4n) is 1.83. The van der Waals surface area contributed by atoms with Gasteiger partial charge in [-0.3, -0.25) is 9.59 Å². The molecule has 21 heavy (non-hydrogen) atoms. The van der Waals surface area contributed by atoms with E-state index in [1.54, 1.807) is 43.6 Å². The molecule has 1 aromatic heterocycles. The van der Waals surface area contributed by atoms with Crippen LogP contribution in [-0.2, 0) is 11.2 Å². The molecule has 0 fully saturated rings. The van der Waals surface area contributed by atoms with Crippen LogP contribution in [0.4, 0.5) is 0 Å². The molecule has 0 aliphatic heterocycles. The van der Waals surface area contributed by atoms with E-state index in [0.29, 0.717) is 18.5 Å². The molecular formula is C15H18N4O2. The number of nitrogens with zero attached hydrogens (tertiary/aromatic N) is 1. The number of amides is 2. The lowest BCUT2D eigenvalue weighted by molar-refractivity contribution is -0.122. The number of aromatic nitrogens is 2. The quantitative estimate of drug-likeness (QED) is 0.737. The van der Waals surface area contributed by atoms with Crippen LogP contribution in [0.3, 0.4) is 0 Å². The average Bonchev–Trinajstić information content (AvgIpc) is 3.01. The smallest absolute Gasteiger partial charge is 0.251 e. The van der Waals surface area contributed by atoms with Gasteiger partial charge in [0.05, 0.1) is 0 Å². The first-order chi connectivity index (χ1) is 10.2. The summed E-state index contributed by atoms with van der Waals surface area (Å²) in [6.45, 7) is 2.13. The number of imidazole rings is 1.